The van der Waals surface area contributed by atoms with Crippen LogP contribution in [0.5, 0.6) is 0 Å². The third-order valence-corrected chi connectivity index (χ3v) is 7.75. The minimum Gasteiger partial charge on any atom is -0.480 e. The Morgan fingerprint density at radius 3 is 2.56 bits per heavy atom. The van der Waals surface area contributed by atoms with Gasteiger partial charge in [-0.05, 0) is 101 Å². The van der Waals surface area contributed by atoms with Crippen molar-refractivity contribution in [1.82, 2.24) is 14.8 Å². The molecule has 3 aliphatic heterocycles. The van der Waals surface area contributed by atoms with Gasteiger partial charge in [-0.3, -0.25) is 14.5 Å². The van der Waals surface area contributed by atoms with E-state index in [0.717, 1.165) is 80.8 Å². The molecule has 2 N–H and O–H groups in total. The number of carbonyl (C=O) groups excluding carboxylic acids is 1. The first-order valence-electron chi connectivity index (χ1n) is 14.2. The highest BCUT2D eigenvalue weighted by Gasteiger charge is 2.37. The summed E-state index contributed by atoms with van der Waals surface area (Å²) in [6, 6.07) is 9.09. The largest absolute Gasteiger partial charge is 0.480 e. The van der Waals surface area contributed by atoms with Crippen LogP contribution in [0.4, 0.5) is 14.6 Å². The average Bonchev–Trinajstić information content (AvgIpc) is 3.56. The van der Waals surface area contributed by atoms with E-state index in [2.05, 4.69) is 16.4 Å². The summed E-state index contributed by atoms with van der Waals surface area (Å²) in [5, 5.41) is 13.0. The van der Waals surface area contributed by atoms with Crippen molar-refractivity contribution in [2.75, 3.05) is 25.0 Å². The predicted molar refractivity (Wildman–Crippen MR) is 147 cm³/mol. The Morgan fingerprint density at radius 1 is 1.10 bits per heavy atom. The van der Waals surface area contributed by atoms with E-state index < -0.39 is 18.4 Å². The zero-order valence-electron chi connectivity index (χ0n) is 23.0. The molecule has 4 heterocycles. The lowest BCUT2D eigenvalue weighted by molar-refractivity contribution is -0.143. The van der Waals surface area contributed by atoms with Crippen molar-refractivity contribution < 1.29 is 23.5 Å². The van der Waals surface area contributed by atoms with Crippen LogP contribution in [-0.2, 0) is 24.2 Å². The van der Waals surface area contributed by atoms with E-state index >= 15 is 0 Å². The molecule has 1 saturated heterocycles. The molecule has 1 fully saturated rings. The van der Waals surface area contributed by atoms with Crippen molar-refractivity contribution in [1.29, 1.82) is 0 Å². The number of pyridine rings is 1. The van der Waals surface area contributed by atoms with E-state index in [4.69, 9.17) is 0 Å². The molecule has 0 saturated carbocycles. The first kappa shape index (κ1) is 28.9. The molecular formula is C30H40F2N4O3. The molecule has 0 radical (unpaired) electrons. The third kappa shape index (κ3) is 7.12. The molecular weight excluding hydrogens is 502 g/mol. The number of fused-ring (bicyclic) bond motifs is 2. The van der Waals surface area contributed by atoms with Gasteiger partial charge in [0.15, 0.2) is 0 Å². The number of amides is 1. The molecule has 2 aromatic rings. The van der Waals surface area contributed by atoms with Crippen LogP contribution in [0.1, 0.15) is 91.2 Å². The Kier molecular flexibility index (Phi) is 9.88. The summed E-state index contributed by atoms with van der Waals surface area (Å²) in [4.78, 5) is 32.7. The van der Waals surface area contributed by atoms with Crippen molar-refractivity contribution in [2.24, 2.45) is 0 Å². The number of anilines is 1. The molecule has 9 heteroatoms. The van der Waals surface area contributed by atoms with Crippen molar-refractivity contribution in [3.05, 3.63) is 58.3 Å². The van der Waals surface area contributed by atoms with Gasteiger partial charge in [0, 0.05) is 36.8 Å². The number of alkyl halides is 2. The van der Waals surface area contributed by atoms with E-state index in [1.165, 1.54) is 5.56 Å². The highest BCUT2D eigenvalue weighted by Crippen LogP contribution is 2.34. The molecule has 1 aromatic carbocycles. The number of halogens is 2. The minimum atomic E-state index is -2.17. The number of nitrogens with one attached hydrogen (secondary N) is 1. The van der Waals surface area contributed by atoms with Gasteiger partial charge in [-0.1, -0.05) is 18.2 Å². The summed E-state index contributed by atoms with van der Waals surface area (Å²) >= 11 is 0. The van der Waals surface area contributed by atoms with Gasteiger partial charge >= 0.3 is 5.97 Å². The normalized spacial score (nSPS) is 17.5. The standard InChI is InChI=1S/C17H22N2O3.C13H18F2N2/c1-11(2)19-10-14-12(6-5-7-13(14)16(19)20)15(17(21)22)18-8-3-4-9-18;14-12(15)6-2-1-5-11-8-7-10-4-3-9-16-13(10)17-11/h5-7,11,15H,3-4,8-10H2,1-2H3,(H,21,22);7-8,12H,1-6,9H2,(H,16,17). The maximum absolute atomic E-state index is 12.5. The predicted octanol–water partition coefficient (Wildman–Crippen LogP) is 5.69. The van der Waals surface area contributed by atoms with Gasteiger partial charge in [-0.15, -0.1) is 0 Å². The quantitative estimate of drug-likeness (QED) is 0.396. The molecule has 1 amide bonds. The lowest BCUT2D eigenvalue weighted by atomic mass is 9.96. The number of nitrogens with zero attached hydrogens (tertiary/aromatic N) is 3. The Labute approximate surface area is 229 Å². The van der Waals surface area contributed by atoms with Crippen LogP contribution in [-0.4, -0.2) is 63.9 Å². The van der Waals surface area contributed by atoms with Crippen LogP contribution in [0.25, 0.3) is 0 Å². The molecule has 1 atom stereocenters. The lowest BCUT2D eigenvalue weighted by Gasteiger charge is -2.26. The SMILES string of the molecule is CC(C)N1Cc2c(cccc2C(C(=O)O)N2CCCC2)C1=O.FC(F)CCCCc1ccc2c(n1)NCCC2. The fourth-order valence-electron chi connectivity index (χ4n) is 5.65. The lowest BCUT2D eigenvalue weighted by Crippen LogP contribution is -2.33. The molecule has 0 aliphatic carbocycles. The van der Waals surface area contributed by atoms with Crippen molar-refractivity contribution >= 4 is 17.7 Å². The van der Waals surface area contributed by atoms with E-state index in [1.54, 1.807) is 4.90 Å². The number of aryl methyl sites for hydroxylation is 2. The van der Waals surface area contributed by atoms with Crippen molar-refractivity contribution in [3.63, 3.8) is 0 Å². The summed E-state index contributed by atoms with van der Waals surface area (Å²) < 4.78 is 23.9. The van der Waals surface area contributed by atoms with Crippen molar-refractivity contribution in [3.8, 4) is 0 Å². The topological polar surface area (TPSA) is 85.8 Å². The van der Waals surface area contributed by atoms with E-state index in [9.17, 15) is 23.5 Å². The van der Waals surface area contributed by atoms with Gasteiger partial charge in [-0.2, -0.15) is 0 Å². The van der Waals surface area contributed by atoms with E-state index in [1.807, 2.05) is 43.0 Å². The van der Waals surface area contributed by atoms with Crippen molar-refractivity contribution in [2.45, 2.75) is 90.3 Å². The highest BCUT2D eigenvalue weighted by molar-refractivity contribution is 5.99. The molecule has 212 valence electrons. The number of carboxylic acids is 1. The summed E-state index contributed by atoms with van der Waals surface area (Å²) in [6.07, 6.45) is 4.30. The van der Waals surface area contributed by atoms with Crippen LogP contribution in [0.3, 0.4) is 0 Å². The molecule has 7 nitrogen and oxygen atoms in total. The second-order valence-electron chi connectivity index (χ2n) is 10.9. The summed E-state index contributed by atoms with van der Waals surface area (Å²) in [5.74, 6) is 0.172. The maximum Gasteiger partial charge on any atom is 0.325 e. The monoisotopic (exact) mass is 542 g/mol. The van der Waals surface area contributed by atoms with E-state index in [-0.39, 0.29) is 18.4 Å². The van der Waals surface area contributed by atoms with Gasteiger partial charge in [0.25, 0.3) is 5.91 Å². The van der Waals surface area contributed by atoms with Crippen LogP contribution >= 0.6 is 0 Å². The summed E-state index contributed by atoms with van der Waals surface area (Å²) in [7, 11) is 0. The van der Waals surface area contributed by atoms with Crippen LogP contribution in [0, 0.1) is 0 Å². The number of benzene rings is 1. The molecule has 39 heavy (non-hydrogen) atoms. The first-order chi connectivity index (χ1) is 18.8. The Morgan fingerprint density at radius 2 is 1.87 bits per heavy atom. The number of unbranched alkanes of at least 4 members (excludes halogenated alkanes) is 1. The molecule has 1 aromatic heterocycles. The molecule has 1 unspecified atom stereocenters. The van der Waals surface area contributed by atoms with Gasteiger partial charge in [0.2, 0.25) is 6.43 Å². The Balaban J connectivity index is 0.000000187. The minimum absolute atomic E-state index is 0.00317. The fraction of sp³-hybridized carbons (Fsp3) is 0.567. The highest BCUT2D eigenvalue weighted by atomic mass is 19.3. The van der Waals surface area contributed by atoms with Gasteiger partial charge in [0.05, 0.1) is 0 Å². The zero-order chi connectivity index (χ0) is 27.9. The zero-order valence-corrected chi connectivity index (χ0v) is 23.0. The number of aliphatic carboxylic acids is 1. The number of likely N-dealkylation sites (tertiary alicyclic amines) is 1. The molecule has 0 bridgehead atoms. The number of aromatic nitrogens is 1. The number of carbonyl (C=O) groups is 2. The fourth-order valence-corrected chi connectivity index (χ4v) is 5.65. The number of hydrogen-bond donors (Lipinski definition) is 2. The van der Waals surface area contributed by atoms with Gasteiger partial charge in [0.1, 0.15) is 11.9 Å². The summed E-state index contributed by atoms with van der Waals surface area (Å²) in [5.41, 5.74) is 4.61. The Hall–Kier alpha value is -3.07. The number of carboxylic acid groups (broad SMARTS) is 1. The van der Waals surface area contributed by atoms with Crippen LogP contribution < -0.4 is 5.32 Å². The summed E-state index contributed by atoms with van der Waals surface area (Å²) in [6.45, 7) is 7.08. The average molecular weight is 543 g/mol. The molecule has 5 rings (SSSR count). The second-order valence-corrected chi connectivity index (χ2v) is 10.9. The molecule has 3 aliphatic rings. The maximum atomic E-state index is 12.5. The molecule has 0 spiro atoms. The third-order valence-electron chi connectivity index (χ3n) is 7.75. The smallest absolute Gasteiger partial charge is 0.325 e. The number of rotatable bonds is 9. The number of hydrogen-bond acceptors (Lipinski definition) is 5. The van der Waals surface area contributed by atoms with Crippen LogP contribution in [0.15, 0.2) is 30.3 Å². The van der Waals surface area contributed by atoms with Gasteiger partial charge < -0.3 is 15.3 Å². The van der Waals surface area contributed by atoms with E-state index in [0.29, 0.717) is 18.5 Å². The first-order valence-corrected chi connectivity index (χ1v) is 14.2. The Bertz CT molecular complexity index is 1150. The van der Waals surface area contributed by atoms with Crippen LogP contribution in [0.2, 0.25) is 0 Å². The van der Waals surface area contributed by atoms with Gasteiger partial charge in [-0.25, -0.2) is 13.8 Å². The second kappa shape index (κ2) is 13.3.